The molecule has 1 aliphatic heterocycles. The molecule has 0 radical (unpaired) electrons. The maximum Gasteiger partial charge on any atom is 0.252 e. The lowest BCUT2D eigenvalue weighted by atomic mass is 10.2. The predicted molar refractivity (Wildman–Crippen MR) is 111 cm³/mol. The van der Waals surface area contributed by atoms with Gasteiger partial charge in [-0.1, -0.05) is 12.1 Å². The Morgan fingerprint density at radius 3 is 2.64 bits per heavy atom. The fourth-order valence-electron chi connectivity index (χ4n) is 3.30. The summed E-state index contributed by atoms with van der Waals surface area (Å²) in [5, 5.41) is 6.50. The molecule has 1 N–H and O–H groups in total. The van der Waals surface area contributed by atoms with E-state index in [1.165, 1.54) is 16.9 Å². The summed E-state index contributed by atoms with van der Waals surface area (Å²) >= 11 is 1.49. The molecular formula is C21H27N3O3S. The van der Waals surface area contributed by atoms with Gasteiger partial charge in [0.05, 0.1) is 7.11 Å². The third-order valence-corrected chi connectivity index (χ3v) is 5.60. The van der Waals surface area contributed by atoms with Crippen molar-refractivity contribution in [3.8, 4) is 5.75 Å². The first-order valence-electron chi connectivity index (χ1n) is 9.59. The monoisotopic (exact) mass is 401 g/mol. The van der Waals surface area contributed by atoms with Gasteiger partial charge in [0, 0.05) is 56.6 Å². The molecular weight excluding hydrogens is 374 g/mol. The lowest BCUT2D eigenvalue weighted by Gasteiger charge is -2.22. The van der Waals surface area contributed by atoms with Gasteiger partial charge in [-0.15, -0.1) is 0 Å². The summed E-state index contributed by atoms with van der Waals surface area (Å²) in [6.07, 6.45) is 1.30. The molecule has 3 rings (SSSR count). The number of thiophene rings is 1. The first-order chi connectivity index (χ1) is 13.7. The first kappa shape index (κ1) is 20.4. The van der Waals surface area contributed by atoms with E-state index in [1.807, 2.05) is 27.8 Å². The molecule has 150 valence electrons. The van der Waals surface area contributed by atoms with E-state index in [2.05, 4.69) is 22.3 Å². The summed E-state index contributed by atoms with van der Waals surface area (Å²) in [6.45, 7) is 4.59. The standard InChI is InChI=1S/C21H27N3O3S/c1-27-19-5-3-17(4-6-19)15-23-10-2-11-24(13-12-23)20(25)7-9-22-21(26)18-8-14-28-16-18/h3-6,8,14,16H,2,7,9-13,15H2,1H3,(H,22,26). The number of methoxy groups -OCH3 is 1. The highest BCUT2D eigenvalue weighted by Crippen LogP contribution is 2.14. The average Bonchev–Trinajstić information content (AvgIpc) is 3.16. The molecule has 0 saturated carbocycles. The summed E-state index contributed by atoms with van der Waals surface area (Å²) in [4.78, 5) is 28.7. The van der Waals surface area contributed by atoms with Crippen LogP contribution in [-0.4, -0.2) is 61.4 Å². The van der Waals surface area contributed by atoms with Crippen LogP contribution < -0.4 is 10.1 Å². The van der Waals surface area contributed by atoms with Crippen LogP contribution in [0.1, 0.15) is 28.8 Å². The highest BCUT2D eigenvalue weighted by Gasteiger charge is 2.19. The predicted octanol–water partition coefficient (Wildman–Crippen LogP) is 2.61. The van der Waals surface area contributed by atoms with Crippen LogP contribution >= 0.6 is 11.3 Å². The van der Waals surface area contributed by atoms with E-state index in [0.29, 0.717) is 18.5 Å². The van der Waals surface area contributed by atoms with Crippen molar-refractivity contribution in [3.05, 3.63) is 52.2 Å². The van der Waals surface area contributed by atoms with Crippen molar-refractivity contribution in [2.45, 2.75) is 19.4 Å². The number of carbonyl (C=O) groups is 2. The van der Waals surface area contributed by atoms with Gasteiger partial charge in [-0.25, -0.2) is 0 Å². The molecule has 0 unspecified atom stereocenters. The van der Waals surface area contributed by atoms with Crippen molar-refractivity contribution >= 4 is 23.2 Å². The van der Waals surface area contributed by atoms with Crippen molar-refractivity contribution < 1.29 is 14.3 Å². The lowest BCUT2D eigenvalue weighted by molar-refractivity contribution is -0.130. The first-order valence-corrected chi connectivity index (χ1v) is 10.5. The summed E-state index contributed by atoms with van der Waals surface area (Å²) in [5.41, 5.74) is 1.90. The average molecular weight is 402 g/mol. The normalized spacial score (nSPS) is 15.1. The number of benzene rings is 1. The Labute approximate surface area is 170 Å². The Morgan fingerprint density at radius 1 is 1.11 bits per heavy atom. The SMILES string of the molecule is COc1ccc(CN2CCCN(C(=O)CCNC(=O)c3ccsc3)CC2)cc1. The van der Waals surface area contributed by atoms with E-state index in [0.717, 1.165) is 44.9 Å². The number of rotatable bonds is 7. The van der Waals surface area contributed by atoms with Crippen molar-refractivity contribution in [1.29, 1.82) is 0 Å². The van der Waals surface area contributed by atoms with E-state index in [9.17, 15) is 9.59 Å². The van der Waals surface area contributed by atoms with Gasteiger partial charge in [-0.3, -0.25) is 14.5 Å². The second-order valence-corrected chi connectivity index (χ2v) is 7.66. The second kappa shape index (κ2) is 10.2. The van der Waals surface area contributed by atoms with Crippen LogP contribution in [0, 0.1) is 0 Å². The molecule has 0 bridgehead atoms. The maximum atomic E-state index is 12.5. The minimum atomic E-state index is -0.115. The van der Waals surface area contributed by atoms with Crippen LogP contribution in [0.3, 0.4) is 0 Å². The summed E-state index contributed by atoms with van der Waals surface area (Å²) in [7, 11) is 1.67. The minimum Gasteiger partial charge on any atom is -0.497 e. The highest BCUT2D eigenvalue weighted by atomic mass is 32.1. The zero-order valence-corrected chi connectivity index (χ0v) is 17.0. The molecule has 0 aliphatic carbocycles. The van der Waals surface area contributed by atoms with Crippen molar-refractivity contribution in [2.24, 2.45) is 0 Å². The molecule has 2 amide bonds. The number of amides is 2. The van der Waals surface area contributed by atoms with Crippen LogP contribution in [0.4, 0.5) is 0 Å². The molecule has 0 spiro atoms. The van der Waals surface area contributed by atoms with Crippen molar-refractivity contribution in [1.82, 2.24) is 15.1 Å². The fourth-order valence-corrected chi connectivity index (χ4v) is 3.94. The van der Waals surface area contributed by atoms with Gasteiger partial charge in [0.2, 0.25) is 5.91 Å². The molecule has 0 atom stereocenters. The molecule has 7 heteroatoms. The Hall–Kier alpha value is -2.38. The Balaban J connectivity index is 1.41. The maximum absolute atomic E-state index is 12.5. The van der Waals surface area contributed by atoms with E-state index < -0.39 is 0 Å². The van der Waals surface area contributed by atoms with Crippen molar-refractivity contribution in [2.75, 3.05) is 39.8 Å². The number of hydrogen-bond acceptors (Lipinski definition) is 5. The molecule has 2 heterocycles. The quantitative estimate of drug-likeness (QED) is 0.775. The highest BCUT2D eigenvalue weighted by molar-refractivity contribution is 7.08. The smallest absolute Gasteiger partial charge is 0.252 e. The van der Waals surface area contributed by atoms with Gasteiger partial charge in [0.1, 0.15) is 5.75 Å². The zero-order chi connectivity index (χ0) is 19.8. The number of nitrogens with one attached hydrogen (secondary N) is 1. The van der Waals surface area contributed by atoms with Gasteiger partial charge >= 0.3 is 0 Å². The minimum absolute atomic E-state index is 0.108. The zero-order valence-electron chi connectivity index (χ0n) is 16.2. The van der Waals surface area contributed by atoms with E-state index in [1.54, 1.807) is 13.2 Å². The fraction of sp³-hybridized carbons (Fsp3) is 0.429. The van der Waals surface area contributed by atoms with E-state index >= 15 is 0 Å². The second-order valence-electron chi connectivity index (χ2n) is 6.88. The van der Waals surface area contributed by atoms with Crippen LogP contribution in [-0.2, 0) is 11.3 Å². The molecule has 28 heavy (non-hydrogen) atoms. The molecule has 1 aromatic heterocycles. The van der Waals surface area contributed by atoms with Gasteiger partial charge in [0.25, 0.3) is 5.91 Å². The van der Waals surface area contributed by atoms with Crippen LogP contribution in [0.25, 0.3) is 0 Å². The summed E-state index contributed by atoms with van der Waals surface area (Å²) in [5.74, 6) is 0.856. The van der Waals surface area contributed by atoms with Crippen LogP contribution in [0.5, 0.6) is 5.75 Å². The van der Waals surface area contributed by atoms with Gasteiger partial charge in [0.15, 0.2) is 0 Å². The number of nitrogens with zero attached hydrogens (tertiary/aromatic N) is 2. The van der Waals surface area contributed by atoms with Gasteiger partial charge in [-0.05, 0) is 35.6 Å². The molecule has 1 aliphatic rings. The number of ether oxygens (including phenoxy) is 1. The Morgan fingerprint density at radius 2 is 1.93 bits per heavy atom. The third kappa shape index (κ3) is 5.81. The molecule has 1 fully saturated rings. The summed E-state index contributed by atoms with van der Waals surface area (Å²) in [6, 6.07) is 9.92. The Bertz CT molecular complexity index is 762. The topological polar surface area (TPSA) is 61.9 Å². The van der Waals surface area contributed by atoms with E-state index in [-0.39, 0.29) is 11.8 Å². The van der Waals surface area contributed by atoms with Gasteiger partial charge < -0.3 is 15.0 Å². The number of hydrogen-bond donors (Lipinski definition) is 1. The third-order valence-electron chi connectivity index (χ3n) is 4.91. The lowest BCUT2D eigenvalue weighted by Crippen LogP contribution is -2.37. The van der Waals surface area contributed by atoms with Gasteiger partial charge in [-0.2, -0.15) is 11.3 Å². The molecule has 1 saturated heterocycles. The summed E-state index contributed by atoms with van der Waals surface area (Å²) < 4.78 is 5.20. The Kier molecular flexibility index (Phi) is 7.45. The molecule has 2 aromatic rings. The molecule has 6 nitrogen and oxygen atoms in total. The molecule has 1 aromatic carbocycles. The van der Waals surface area contributed by atoms with Crippen molar-refractivity contribution in [3.63, 3.8) is 0 Å². The number of carbonyl (C=O) groups excluding carboxylic acids is 2. The largest absolute Gasteiger partial charge is 0.497 e. The van der Waals surface area contributed by atoms with Crippen LogP contribution in [0.2, 0.25) is 0 Å². The van der Waals surface area contributed by atoms with Crippen LogP contribution in [0.15, 0.2) is 41.1 Å². The van der Waals surface area contributed by atoms with E-state index in [4.69, 9.17) is 4.74 Å².